The topological polar surface area (TPSA) is 82.6 Å². The zero-order valence-corrected chi connectivity index (χ0v) is 8.08. The molecule has 1 heterocycles. The molecule has 0 amide bonds. The number of nitro groups is 1. The monoisotopic (exact) mass is 221 g/mol. The van der Waals surface area contributed by atoms with E-state index in [1.165, 1.54) is 18.2 Å². The molecule has 82 valence electrons. The van der Waals surface area contributed by atoms with Gasteiger partial charge in [0.15, 0.2) is 6.61 Å². The molecule has 0 spiro atoms. The average Bonchev–Trinajstić information content (AvgIpc) is 2.72. The van der Waals surface area contributed by atoms with Crippen molar-refractivity contribution in [3.8, 4) is 12.3 Å². The van der Waals surface area contributed by atoms with Crippen LogP contribution in [0.1, 0.15) is 5.76 Å². The molecule has 0 saturated heterocycles. The van der Waals surface area contributed by atoms with E-state index in [-0.39, 0.29) is 12.4 Å². The quantitative estimate of drug-likeness (QED) is 0.252. The smallest absolute Gasteiger partial charge is 0.433 e. The van der Waals surface area contributed by atoms with Crippen LogP contribution in [0.15, 0.2) is 22.6 Å². The lowest BCUT2D eigenvalue weighted by Crippen LogP contribution is -1.99. The Balaban J connectivity index is 2.59. The zero-order valence-electron chi connectivity index (χ0n) is 8.08. The summed E-state index contributed by atoms with van der Waals surface area (Å²) in [4.78, 5) is 20.5. The molecule has 0 radical (unpaired) electrons. The second-order valence-electron chi connectivity index (χ2n) is 2.58. The molecule has 0 aliphatic rings. The summed E-state index contributed by atoms with van der Waals surface area (Å²) in [6, 6.07) is 2.55. The van der Waals surface area contributed by atoms with E-state index in [9.17, 15) is 14.9 Å². The van der Waals surface area contributed by atoms with Crippen LogP contribution >= 0.6 is 0 Å². The van der Waals surface area contributed by atoms with Crippen LogP contribution in [0.4, 0.5) is 5.88 Å². The molecular formula is C10H7NO5. The van der Waals surface area contributed by atoms with Crippen LogP contribution in [0.2, 0.25) is 0 Å². The highest BCUT2D eigenvalue weighted by molar-refractivity contribution is 5.86. The van der Waals surface area contributed by atoms with Crippen LogP contribution in [0.25, 0.3) is 6.08 Å². The summed E-state index contributed by atoms with van der Waals surface area (Å²) in [5.74, 6) is 1.28. The molecular weight excluding hydrogens is 214 g/mol. The fourth-order valence-corrected chi connectivity index (χ4v) is 0.841. The van der Waals surface area contributed by atoms with E-state index in [0.717, 1.165) is 6.08 Å². The van der Waals surface area contributed by atoms with Crippen molar-refractivity contribution in [2.24, 2.45) is 0 Å². The van der Waals surface area contributed by atoms with Crippen LogP contribution in [-0.2, 0) is 9.53 Å². The highest BCUT2D eigenvalue weighted by Crippen LogP contribution is 2.16. The predicted molar refractivity (Wildman–Crippen MR) is 54.2 cm³/mol. The van der Waals surface area contributed by atoms with Crippen molar-refractivity contribution in [1.29, 1.82) is 0 Å². The van der Waals surface area contributed by atoms with Gasteiger partial charge >= 0.3 is 11.9 Å². The lowest BCUT2D eigenvalue weighted by molar-refractivity contribution is -0.402. The fraction of sp³-hybridized carbons (Fsp3) is 0.100. The number of esters is 1. The molecule has 1 rings (SSSR count). The van der Waals surface area contributed by atoms with Gasteiger partial charge in [0, 0.05) is 6.08 Å². The van der Waals surface area contributed by atoms with Gasteiger partial charge in [-0.1, -0.05) is 5.92 Å². The van der Waals surface area contributed by atoms with Crippen molar-refractivity contribution in [3.05, 3.63) is 34.1 Å². The Kier molecular flexibility index (Phi) is 3.86. The minimum absolute atomic E-state index is 0.124. The van der Waals surface area contributed by atoms with E-state index < -0.39 is 16.8 Å². The molecule has 6 nitrogen and oxygen atoms in total. The van der Waals surface area contributed by atoms with Crippen molar-refractivity contribution in [2.45, 2.75) is 0 Å². The predicted octanol–water partition coefficient (Wildman–Crippen LogP) is 1.38. The number of hydrogen-bond donors (Lipinski definition) is 0. The number of rotatable bonds is 4. The Morgan fingerprint density at radius 3 is 3.00 bits per heavy atom. The number of hydrogen-bond acceptors (Lipinski definition) is 5. The van der Waals surface area contributed by atoms with Gasteiger partial charge in [0.2, 0.25) is 0 Å². The number of furan rings is 1. The second-order valence-corrected chi connectivity index (χ2v) is 2.58. The van der Waals surface area contributed by atoms with E-state index in [2.05, 4.69) is 10.7 Å². The Morgan fingerprint density at radius 2 is 2.44 bits per heavy atom. The maximum atomic E-state index is 10.9. The molecule has 1 aromatic heterocycles. The number of carbonyl (C=O) groups is 1. The largest absolute Gasteiger partial charge is 0.449 e. The molecule has 16 heavy (non-hydrogen) atoms. The summed E-state index contributed by atoms with van der Waals surface area (Å²) in [7, 11) is 0. The molecule has 0 bridgehead atoms. The third-order valence-corrected chi connectivity index (χ3v) is 1.47. The van der Waals surface area contributed by atoms with Crippen LogP contribution in [-0.4, -0.2) is 17.5 Å². The Bertz CT molecular complexity index is 466. The number of nitrogens with zero attached hydrogens (tertiary/aromatic N) is 1. The first kappa shape index (κ1) is 11.5. The number of terminal acetylenes is 1. The van der Waals surface area contributed by atoms with Gasteiger partial charge in [-0.05, 0) is 12.1 Å². The van der Waals surface area contributed by atoms with Gasteiger partial charge < -0.3 is 9.15 Å². The van der Waals surface area contributed by atoms with Gasteiger partial charge in [0.05, 0.1) is 6.07 Å². The molecule has 0 unspecified atom stereocenters. The lowest BCUT2D eigenvalue weighted by Gasteiger charge is -1.92. The van der Waals surface area contributed by atoms with Gasteiger partial charge in [-0.15, -0.1) is 6.42 Å². The summed E-state index contributed by atoms with van der Waals surface area (Å²) >= 11 is 0. The van der Waals surface area contributed by atoms with Crippen molar-refractivity contribution in [3.63, 3.8) is 0 Å². The van der Waals surface area contributed by atoms with Gasteiger partial charge in [0.1, 0.15) is 10.7 Å². The van der Waals surface area contributed by atoms with E-state index in [4.69, 9.17) is 10.8 Å². The average molecular weight is 221 g/mol. The number of ether oxygens (including phenoxy) is 1. The Morgan fingerprint density at radius 1 is 1.69 bits per heavy atom. The second kappa shape index (κ2) is 5.36. The summed E-state index contributed by atoms with van der Waals surface area (Å²) in [6.45, 7) is -0.124. The standard InChI is InChI=1S/C10H7NO5/c1-2-7-15-10(12)6-4-8-3-5-9(16-8)11(13)14/h1,3-6H,7H2. The van der Waals surface area contributed by atoms with Crippen LogP contribution in [0, 0.1) is 22.5 Å². The highest BCUT2D eigenvalue weighted by Gasteiger charge is 2.09. The molecule has 0 atom stereocenters. The van der Waals surface area contributed by atoms with Crippen LogP contribution in [0.3, 0.4) is 0 Å². The molecule has 0 fully saturated rings. The third-order valence-electron chi connectivity index (χ3n) is 1.47. The maximum Gasteiger partial charge on any atom is 0.433 e. The summed E-state index contributed by atoms with van der Waals surface area (Å²) in [5, 5.41) is 10.3. The molecule has 0 N–H and O–H groups in total. The van der Waals surface area contributed by atoms with Crippen LogP contribution < -0.4 is 0 Å². The van der Waals surface area contributed by atoms with E-state index in [0.29, 0.717) is 0 Å². The van der Waals surface area contributed by atoms with E-state index >= 15 is 0 Å². The first-order valence-corrected chi connectivity index (χ1v) is 4.16. The van der Waals surface area contributed by atoms with Crippen LogP contribution in [0.5, 0.6) is 0 Å². The number of carbonyl (C=O) groups excluding carboxylic acids is 1. The molecule has 6 heteroatoms. The first-order chi connectivity index (χ1) is 7.63. The zero-order chi connectivity index (χ0) is 12.0. The van der Waals surface area contributed by atoms with Crippen molar-refractivity contribution >= 4 is 17.9 Å². The summed E-state index contributed by atoms with van der Waals surface area (Å²) in [5.41, 5.74) is 0. The van der Waals surface area contributed by atoms with Crippen molar-refractivity contribution in [1.82, 2.24) is 0 Å². The van der Waals surface area contributed by atoms with Crippen molar-refractivity contribution in [2.75, 3.05) is 6.61 Å². The van der Waals surface area contributed by atoms with Crippen molar-refractivity contribution < 1.29 is 18.9 Å². The molecule has 0 aliphatic carbocycles. The molecule has 1 aromatic rings. The summed E-state index contributed by atoms with van der Waals surface area (Å²) in [6.07, 6.45) is 7.20. The normalized spacial score (nSPS) is 9.94. The molecule has 0 saturated carbocycles. The van der Waals surface area contributed by atoms with E-state index in [1.54, 1.807) is 0 Å². The van der Waals surface area contributed by atoms with Gasteiger partial charge in [0.25, 0.3) is 0 Å². The maximum absolute atomic E-state index is 10.9. The summed E-state index contributed by atoms with van der Waals surface area (Å²) < 4.78 is 9.30. The minimum Gasteiger partial charge on any atom is -0.449 e. The van der Waals surface area contributed by atoms with Gasteiger partial charge in [-0.25, -0.2) is 4.79 Å². The van der Waals surface area contributed by atoms with E-state index in [1.807, 2.05) is 0 Å². The Labute approximate surface area is 90.7 Å². The first-order valence-electron chi connectivity index (χ1n) is 4.16. The van der Waals surface area contributed by atoms with Gasteiger partial charge in [-0.2, -0.15) is 0 Å². The third kappa shape index (κ3) is 3.31. The fourth-order valence-electron chi connectivity index (χ4n) is 0.841. The van der Waals surface area contributed by atoms with Gasteiger partial charge in [-0.3, -0.25) is 10.1 Å². The lowest BCUT2D eigenvalue weighted by atomic mass is 10.4. The minimum atomic E-state index is -0.673. The SMILES string of the molecule is C#CCOC(=O)C=Cc1ccc([N+](=O)[O-])o1. The highest BCUT2D eigenvalue weighted by atomic mass is 16.6. The molecule has 0 aliphatic heterocycles. The molecule has 0 aromatic carbocycles. The Hall–Kier alpha value is -2.55.